The van der Waals surface area contributed by atoms with E-state index in [2.05, 4.69) is 21.2 Å². The van der Waals surface area contributed by atoms with Crippen LogP contribution in [-0.2, 0) is 0 Å². The predicted octanol–water partition coefficient (Wildman–Crippen LogP) is 4.62. The molecule has 0 saturated carbocycles. The van der Waals surface area contributed by atoms with Gasteiger partial charge in [-0.05, 0) is 52.3 Å². The lowest BCUT2D eigenvalue weighted by molar-refractivity contribution is 0.628. The third-order valence-electron chi connectivity index (χ3n) is 2.45. The summed E-state index contributed by atoms with van der Waals surface area (Å²) in [6.07, 6.45) is 0. The van der Waals surface area contributed by atoms with Crippen LogP contribution in [0.4, 0.5) is 15.8 Å². The van der Waals surface area contributed by atoms with Crippen molar-refractivity contribution in [3.63, 3.8) is 0 Å². The Bertz CT molecular complexity index is 649. The Kier molecular flexibility index (Phi) is 4.39. The molecule has 3 N–H and O–H groups in total. The van der Waals surface area contributed by atoms with E-state index in [0.717, 1.165) is 10.2 Å². The van der Waals surface area contributed by atoms with E-state index >= 15 is 0 Å². The van der Waals surface area contributed by atoms with Crippen LogP contribution in [-0.4, -0.2) is 4.99 Å². The Balaban J connectivity index is 2.40. The van der Waals surface area contributed by atoms with E-state index in [0.29, 0.717) is 16.3 Å². The van der Waals surface area contributed by atoms with Crippen molar-refractivity contribution in [2.75, 3.05) is 5.32 Å². The maximum Gasteiger partial charge on any atom is 0.124 e. The maximum atomic E-state index is 13.2. The van der Waals surface area contributed by atoms with Crippen molar-refractivity contribution >= 4 is 56.1 Å². The summed E-state index contributed by atoms with van der Waals surface area (Å²) in [7, 11) is 0. The standard InChI is InChI=1S/C13H9BrClFN2S/c14-10-5-7(15)1-3-12(10)18-11-4-2-8(16)6-9(11)13(17)19/h1-6,18H,(H2,17,19). The summed E-state index contributed by atoms with van der Waals surface area (Å²) < 4.78 is 14.0. The molecule has 0 radical (unpaired) electrons. The van der Waals surface area contributed by atoms with Crippen LogP contribution in [0.15, 0.2) is 40.9 Å². The number of hydrogen-bond donors (Lipinski definition) is 2. The minimum Gasteiger partial charge on any atom is -0.389 e. The summed E-state index contributed by atoms with van der Waals surface area (Å²) in [5.74, 6) is -0.386. The van der Waals surface area contributed by atoms with E-state index in [1.165, 1.54) is 12.1 Å². The second kappa shape index (κ2) is 5.86. The first-order chi connectivity index (χ1) is 8.97. The lowest BCUT2D eigenvalue weighted by Gasteiger charge is -2.13. The number of hydrogen-bond acceptors (Lipinski definition) is 2. The third kappa shape index (κ3) is 3.43. The van der Waals surface area contributed by atoms with Crippen molar-refractivity contribution in [2.24, 2.45) is 5.73 Å². The molecule has 0 amide bonds. The van der Waals surface area contributed by atoms with Gasteiger partial charge in [0.25, 0.3) is 0 Å². The Labute approximate surface area is 128 Å². The van der Waals surface area contributed by atoms with Crippen molar-refractivity contribution in [3.05, 3.63) is 57.3 Å². The number of nitrogens with two attached hydrogens (primary N) is 1. The number of anilines is 2. The highest BCUT2D eigenvalue weighted by atomic mass is 79.9. The molecule has 0 spiro atoms. The first-order valence-corrected chi connectivity index (χ1v) is 6.87. The number of nitrogens with one attached hydrogen (secondary N) is 1. The van der Waals surface area contributed by atoms with Crippen molar-refractivity contribution in [1.29, 1.82) is 0 Å². The Hall–Kier alpha value is -1.17. The summed E-state index contributed by atoms with van der Waals surface area (Å²) in [4.78, 5) is 0.132. The van der Waals surface area contributed by atoms with E-state index in [-0.39, 0.29) is 10.8 Å². The lowest BCUT2D eigenvalue weighted by atomic mass is 10.1. The van der Waals surface area contributed by atoms with E-state index in [4.69, 9.17) is 29.6 Å². The fourth-order valence-electron chi connectivity index (χ4n) is 1.57. The molecule has 0 aliphatic rings. The second-order valence-corrected chi connectivity index (χ2v) is 5.53. The molecule has 98 valence electrons. The van der Waals surface area contributed by atoms with Gasteiger partial charge < -0.3 is 11.1 Å². The van der Waals surface area contributed by atoms with Crippen LogP contribution >= 0.6 is 39.7 Å². The van der Waals surface area contributed by atoms with Crippen molar-refractivity contribution < 1.29 is 4.39 Å². The zero-order valence-corrected chi connectivity index (χ0v) is 12.7. The molecule has 0 aromatic heterocycles. The SMILES string of the molecule is NC(=S)c1cc(F)ccc1Nc1ccc(Cl)cc1Br. The summed E-state index contributed by atoms with van der Waals surface area (Å²) in [5.41, 5.74) is 7.47. The van der Waals surface area contributed by atoms with Crippen LogP contribution in [0.3, 0.4) is 0 Å². The van der Waals surface area contributed by atoms with Gasteiger partial charge in [0.1, 0.15) is 10.8 Å². The molecule has 0 saturated heterocycles. The first kappa shape index (κ1) is 14.2. The largest absolute Gasteiger partial charge is 0.389 e. The molecule has 0 atom stereocenters. The number of halogens is 3. The number of benzene rings is 2. The van der Waals surface area contributed by atoms with E-state index in [1.807, 2.05) is 0 Å². The van der Waals surface area contributed by atoms with Crippen molar-refractivity contribution in [3.8, 4) is 0 Å². The van der Waals surface area contributed by atoms with Crippen LogP contribution in [0.2, 0.25) is 5.02 Å². The quantitative estimate of drug-likeness (QED) is 0.785. The number of thiocarbonyl (C=S) groups is 1. The van der Waals surface area contributed by atoms with Gasteiger partial charge >= 0.3 is 0 Å². The van der Waals surface area contributed by atoms with Gasteiger partial charge in [-0.15, -0.1) is 0 Å². The molecule has 2 aromatic carbocycles. The molecule has 0 unspecified atom stereocenters. The van der Waals surface area contributed by atoms with E-state index in [1.54, 1.807) is 24.3 Å². The van der Waals surface area contributed by atoms with Crippen LogP contribution in [0.25, 0.3) is 0 Å². The zero-order chi connectivity index (χ0) is 14.0. The lowest BCUT2D eigenvalue weighted by Crippen LogP contribution is -2.12. The zero-order valence-electron chi connectivity index (χ0n) is 9.58. The van der Waals surface area contributed by atoms with Crippen molar-refractivity contribution in [1.82, 2.24) is 0 Å². The Morgan fingerprint density at radius 3 is 2.53 bits per heavy atom. The van der Waals surface area contributed by atoms with Crippen LogP contribution < -0.4 is 11.1 Å². The molecule has 6 heteroatoms. The van der Waals surface area contributed by atoms with Crippen LogP contribution in [0.5, 0.6) is 0 Å². The highest BCUT2D eigenvalue weighted by Crippen LogP contribution is 2.30. The van der Waals surface area contributed by atoms with Gasteiger partial charge in [-0.1, -0.05) is 23.8 Å². The molecule has 2 rings (SSSR count). The summed E-state index contributed by atoms with van der Waals surface area (Å²) in [5, 5.41) is 3.75. The normalized spacial score (nSPS) is 10.3. The minimum absolute atomic E-state index is 0.132. The molecule has 0 aliphatic heterocycles. The summed E-state index contributed by atoms with van der Waals surface area (Å²) in [6, 6.07) is 9.54. The average Bonchev–Trinajstić information content (AvgIpc) is 2.34. The smallest absolute Gasteiger partial charge is 0.124 e. The first-order valence-electron chi connectivity index (χ1n) is 5.29. The van der Waals surface area contributed by atoms with Gasteiger partial charge in [-0.25, -0.2) is 4.39 Å². The van der Waals surface area contributed by atoms with Gasteiger partial charge in [0.2, 0.25) is 0 Å². The fraction of sp³-hybridized carbons (Fsp3) is 0. The molecular formula is C13H9BrClFN2S. The van der Waals surface area contributed by atoms with Gasteiger partial charge in [0, 0.05) is 20.7 Å². The molecular weight excluding hydrogens is 351 g/mol. The molecule has 0 fully saturated rings. The van der Waals surface area contributed by atoms with Gasteiger partial charge in [-0.2, -0.15) is 0 Å². The fourth-order valence-corrected chi connectivity index (χ4v) is 2.52. The average molecular weight is 360 g/mol. The third-order valence-corrected chi connectivity index (χ3v) is 3.56. The molecule has 0 aliphatic carbocycles. The van der Waals surface area contributed by atoms with E-state index in [9.17, 15) is 4.39 Å². The van der Waals surface area contributed by atoms with Crippen LogP contribution in [0, 0.1) is 5.82 Å². The van der Waals surface area contributed by atoms with Crippen molar-refractivity contribution in [2.45, 2.75) is 0 Å². The number of rotatable bonds is 3. The maximum absolute atomic E-state index is 13.2. The molecule has 19 heavy (non-hydrogen) atoms. The highest BCUT2D eigenvalue weighted by molar-refractivity contribution is 9.10. The molecule has 2 nitrogen and oxygen atoms in total. The minimum atomic E-state index is -0.386. The Morgan fingerprint density at radius 2 is 1.89 bits per heavy atom. The monoisotopic (exact) mass is 358 g/mol. The Morgan fingerprint density at radius 1 is 1.21 bits per heavy atom. The van der Waals surface area contributed by atoms with Gasteiger partial charge in [0.05, 0.1) is 5.69 Å². The van der Waals surface area contributed by atoms with E-state index < -0.39 is 0 Å². The van der Waals surface area contributed by atoms with Gasteiger partial charge in [0.15, 0.2) is 0 Å². The van der Waals surface area contributed by atoms with Gasteiger partial charge in [-0.3, -0.25) is 0 Å². The molecule has 2 aromatic rings. The van der Waals surface area contributed by atoms with Crippen LogP contribution in [0.1, 0.15) is 5.56 Å². The second-order valence-electron chi connectivity index (χ2n) is 3.80. The molecule has 0 bridgehead atoms. The predicted molar refractivity (Wildman–Crippen MR) is 84.7 cm³/mol. The molecule has 0 heterocycles. The summed E-state index contributed by atoms with van der Waals surface area (Å²) in [6.45, 7) is 0. The summed E-state index contributed by atoms with van der Waals surface area (Å²) >= 11 is 14.2. The highest BCUT2D eigenvalue weighted by Gasteiger charge is 2.09. The topological polar surface area (TPSA) is 38.0 Å².